The number of aromatic nitrogens is 1. The predicted octanol–water partition coefficient (Wildman–Crippen LogP) is 2.33. The van der Waals surface area contributed by atoms with Gasteiger partial charge in [0.25, 0.3) is 0 Å². The van der Waals surface area contributed by atoms with Crippen LogP contribution in [0.4, 0.5) is 5.82 Å². The number of amides is 1. The van der Waals surface area contributed by atoms with Crippen LogP contribution in [-0.2, 0) is 11.3 Å². The van der Waals surface area contributed by atoms with Crippen molar-refractivity contribution in [2.45, 2.75) is 47.1 Å². The van der Waals surface area contributed by atoms with E-state index in [-0.39, 0.29) is 5.91 Å². The molecule has 1 aromatic heterocycles. The summed E-state index contributed by atoms with van der Waals surface area (Å²) in [4.78, 5) is 15.9. The zero-order valence-electron chi connectivity index (χ0n) is 11.7. The topological polar surface area (TPSA) is 68.0 Å². The molecule has 0 bridgehead atoms. The van der Waals surface area contributed by atoms with Crippen molar-refractivity contribution in [3.63, 3.8) is 0 Å². The van der Waals surface area contributed by atoms with Gasteiger partial charge in [0.15, 0.2) is 0 Å². The Labute approximate surface area is 109 Å². The van der Waals surface area contributed by atoms with Crippen molar-refractivity contribution in [1.29, 1.82) is 0 Å². The highest BCUT2D eigenvalue weighted by Gasteiger charge is 2.09. The fourth-order valence-electron chi connectivity index (χ4n) is 1.87. The number of hydrogen-bond acceptors (Lipinski definition) is 3. The molecular formula is C14H23N3O. The lowest BCUT2D eigenvalue weighted by atomic mass is 10.0. The third kappa shape index (κ3) is 4.02. The van der Waals surface area contributed by atoms with Gasteiger partial charge in [-0.25, -0.2) is 4.98 Å². The molecule has 1 rings (SSSR count). The highest BCUT2D eigenvalue weighted by atomic mass is 16.1. The maximum atomic E-state index is 11.7. The van der Waals surface area contributed by atoms with Gasteiger partial charge < -0.3 is 11.1 Å². The van der Waals surface area contributed by atoms with Gasteiger partial charge in [0.1, 0.15) is 5.82 Å². The van der Waals surface area contributed by atoms with Crippen molar-refractivity contribution in [3.8, 4) is 0 Å². The molecule has 0 aliphatic rings. The summed E-state index contributed by atoms with van der Waals surface area (Å²) in [6, 6.07) is 1.84. The van der Waals surface area contributed by atoms with Gasteiger partial charge in [0.05, 0.1) is 0 Å². The first kappa shape index (κ1) is 14.5. The lowest BCUT2D eigenvalue weighted by Gasteiger charge is -2.13. The number of anilines is 1. The van der Waals surface area contributed by atoms with E-state index in [4.69, 9.17) is 5.73 Å². The first-order valence-electron chi connectivity index (χ1n) is 6.43. The van der Waals surface area contributed by atoms with E-state index in [1.165, 1.54) is 0 Å². The van der Waals surface area contributed by atoms with Gasteiger partial charge in [-0.15, -0.1) is 0 Å². The average Bonchev–Trinajstić information content (AvgIpc) is 2.27. The minimum atomic E-state index is 0.0972. The second-order valence-corrected chi connectivity index (χ2v) is 4.92. The van der Waals surface area contributed by atoms with Crippen LogP contribution in [0.25, 0.3) is 0 Å². The summed E-state index contributed by atoms with van der Waals surface area (Å²) in [6.07, 6.45) is 1.60. The predicted molar refractivity (Wildman–Crippen MR) is 74.0 cm³/mol. The van der Waals surface area contributed by atoms with Crippen molar-refractivity contribution in [2.75, 3.05) is 5.73 Å². The van der Waals surface area contributed by atoms with Crippen LogP contribution in [0.3, 0.4) is 0 Å². The van der Waals surface area contributed by atoms with Crippen molar-refractivity contribution in [2.24, 2.45) is 5.92 Å². The lowest BCUT2D eigenvalue weighted by Crippen LogP contribution is -2.25. The molecule has 0 aromatic carbocycles. The van der Waals surface area contributed by atoms with Crippen LogP contribution in [0, 0.1) is 19.8 Å². The van der Waals surface area contributed by atoms with Crippen LogP contribution < -0.4 is 11.1 Å². The molecule has 0 saturated carbocycles. The van der Waals surface area contributed by atoms with E-state index in [2.05, 4.69) is 24.1 Å². The van der Waals surface area contributed by atoms with Crippen LogP contribution in [-0.4, -0.2) is 10.9 Å². The Morgan fingerprint density at radius 1 is 1.50 bits per heavy atom. The van der Waals surface area contributed by atoms with Crippen molar-refractivity contribution in [3.05, 3.63) is 22.9 Å². The van der Waals surface area contributed by atoms with Crippen molar-refractivity contribution < 1.29 is 4.79 Å². The number of carbonyl (C=O) groups excluding carboxylic acids is 1. The molecule has 1 amide bonds. The fourth-order valence-corrected chi connectivity index (χ4v) is 1.87. The molecule has 0 fully saturated rings. The zero-order valence-corrected chi connectivity index (χ0v) is 11.7. The van der Waals surface area contributed by atoms with E-state index in [9.17, 15) is 4.79 Å². The second-order valence-electron chi connectivity index (χ2n) is 4.92. The molecular weight excluding hydrogens is 226 g/mol. The van der Waals surface area contributed by atoms with E-state index >= 15 is 0 Å². The maximum absolute atomic E-state index is 11.7. The molecule has 1 aromatic rings. The van der Waals surface area contributed by atoms with E-state index in [1.54, 1.807) is 0 Å². The van der Waals surface area contributed by atoms with Crippen LogP contribution >= 0.6 is 0 Å². The van der Waals surface area contributed by atoms with Crippen LogP contribution in [0.5, 0.6) is 0 Å². The van der Waals surface area contributed by atoms with E-state index < -0.39 is 0 Å². The van der Waals surface area contributed by atoms with Gasteiger partial charge in [-0.3, -0.25) is 4.79 Å². The second kappa shape index (κ2) is 6.38. The SMILES string of the molecule is CCC(C)CC(=O)NCc1c(C)cc(N)nc1C. The first-order valence-corrected chi connectivity index (χ1v) is 6.43. The molecule has 1 atom stereocenters. The quantitative estimate of drug-likeness (QED) is 0.841. The summed E-state index contributed by atoms with van der Waals surface area (Å²) in [5.74, 6) is 1.05. The summed E-state index contributed by atoms with van der Waals surface area (Å²) in [6.45, 7) is 8.61. The van der Waals surface area contributed by atoms with Gasteiger partial charge in [0.2, 0.25) is 5.91 Å². The Balaban J connectivity index is 2.61. The lowest BCUT2D eigenvalue weighted by molar-refractivity contribution is -0.122. The number of nitrogen functional groups attached to an aromatic ring is 1. The molecule has 1 unspecified atom stereocenters. The monoisotopic (exact) mass is 249 g/mol. The zero-order chi connectivity index (χ0) is 13.7. The Bertz CT molecular complexity index is 406. The molecule has 4 nitrogen and oxygen atoms in total. The number of pyridine rings is 1. The third-order valence-corrected chi connectivity index (χ3v) is 3.27. The minimum Gasteiger partial charge on any atom is -0.384 e. The number of nitrogens with two attached hydrogens (primary N) is 1. The first-order chi connectivity index (χ1) is 8.43. The standard InChI is InChI=1S/C14H23N3O/c1-5-9(2)6-14(18)16-8-12-10(3)7-13(15)17-11(12)4/h7,9H,5-6,8H2,1-4H3,(H2,15,17)(H,16,18). The number of aryl methyl sites for hydroxylation is 2. The number of nitrogens with zero attached hydrogens (tertiary/aromatic N) is 1. The normalized spacial score (nSPS) is 12.2. The van der Waals surface area contributed by atoms with Crippen LogP contribution in [0.2, 0.25) is 0 Å². The molecule has 3 N–H and O–H groups in total. The smallest absolute Gasteiger partial charge is 0.220 e. The summed E-state index contributed by atoms with van der Waals surface area (Å²) >= 11 is 0. The molecule has 4 heteroatoms. The molecule has 0 aliphatic heterocycles. The molecule has 0 radical (unpaired) electrons. The fraction of sp³-hybridized carbons (Fsp3) is 0.571. The number of rotatable bonds is 5. The molecule has 100 valence electrons. The highest BCUT2D eigenvalue weighted by Crippen LogP contribution is 2.14. The Morgan fingerprint density at radius 3 is 2.72 bits per heavy atom. The van der Waals surface area contributed by atoms with E-state index in [0.717, 1.165) is 23.2 Å². The minimum absolute atomic E-state index is 0.0972. The van der Waals surface area contributed by atoms with Crippen LogP contribution in [0.1, 0.15) is 43.5 Å². The van der Waals surface area contributed by atoms with Crippen LogP contribution in [0.15, 0.2) is 6.07 Å². The van der Waals surface area contributed by atoms with E-state index in [1.807, 2.05) is 19.9 Å². The number of nitrogens with one attached hydrogen (secondary N) is 1. The summed E-state index contributed by atoms with van der Waals surface area (Å²) in [5, 5.41) is 2.95. The van der Waals surface area contributed by atoms with Gasteiger partial charge in [-0.2, -0.15) is 0 Å². The number of hydrogen-bond donors (Lipinski definition) is 2. The van der Waals surface area contributed by atoms with Crippen molar-refractivity contribution >= 4 is 11.7 Å². The largest absolute Gasteiger partial charge is 0.384 e. The van der Waals surface area contributed by atoms with Crippen molar-refractivity contribution in [1.82, 2.24) is 10.3 Å². The molecule has 0 spiro atoms. The summed E-state index contributed by atoms with van der Waals surface area (Å²) in [5.41, 5.74) is 8.69. The molecule has 1 heterocycles. The highest BCUT2D eigenvalue weighted by molar-refractivity contribution is 5.76. The van der Waals surface area contributed by atoms with Gasteiger partial charge in [0, 0.05) is 18.7 Å². The Hall–Kier alpha value is -1.58. The van der Waals surface area contributed by atoms with Gasteiger partial charge in [-0.05, 0) is 37.0 Å². The molecule has 18 heavy (non-hydrogen) atoms. The summed E-state index contributed by atoms with van der Waals surface area (Å²) in [7, 11) is 0. The summed E-state index contributed by atoms with van der Waals surface area (Å²) < 4.78 is 0. The van der Waals surface area contributed by atoms with Gasteiger partial charge in [-0.1, -0.05) is 20.3 Å². The Morgan fingerprint density at radius 2 is 2.17 bits per heavy atom. The number of carbonyl (C=O) groups is 1. The maximum Gasteiger partial charge on any atom is 0.220 e. The Kier molecular flexibility index (Phi) is 5.13. The molecule has 0 aliphatic carbocycles. The molecule has 0 saturated heterocycles. The van der Waals surface area contributed by atoms with Gasteiger partial charge >= 0.3 is 0 Å². The van der Waals surface area contributed by atoms with E-state index in [0.29, 0.717) is 24.7 Å². The average molecular weight is 249 g/mol. The third-order valence-electron chi connectivity index (χ3n) is 3.27.